The topological polar surface area (TPSA) is 35.5 Å². The van der Waals surface area contributed by atoms with Gasteiger partial charge < -0.3 is 9.47 Å². The van der Waals surface area contributed by atoms with E-state index in [9.17, 15) is 4.79 Å². The molecular weight excluding hydrogens is 420 g/mol. The smallest absolute Gasteiger partial charge is 0.395 e. The van der Waals surface area contributed by atoms with Gasteiger partial charge in [-0.15, -0.1) is 0 Å². The SMILES string of the molecule is CC1CC(c2ccc(OC(=O)Oc3ccc(C4CC(C)CC(C)(C)C4)cc3)cc2)CC(C)(C)C1. The largest absolute Gasteiger partial charge is 0.519 e. The van der Waals surface area contributed by atoms with Crippen LogP contribution in [0.2, 0.25) is 0 Å². The number of benzene rings is 2. The van der Waals surface area contributed by atoms with Gasteiger partial charge in [-0.25, -0.2) is 4.79 Å². The van der Waals surface area contributed by atoms with Crippen LogP contribution in [0.5, 0.6) is 11.5 Å². The maximum Gasteiger partial charge on any atom is 0.519 e. The van der Waals surface area contributed by atoms with Gasteiger partial charge in [-0.2, -0.15) is 0 Å². The van der Waals surface area contributed by atoms with E-state index in [1.807, 2.05) is 24.3 Å². The molecule has 0 saturated heterocycles. The number of carbonyl (C=O) groups is 1. The first-order valence-corrected chi connectivity index (χ1v) is 13.1. The monoisotopic (exact) mass is 462 g/mol. The fourth-order valence-corrected chi connectivity index (χ4v) is 7.03. The van der Waals surface area contributed by atoms with Crippen LogP contribution in [0.4, 0.5) is 4.79 Å². The summed E-state index contributed by atoms with van der Waals surface area (Å²) in [6, 6.07) is 15.9. The number of ether oxygens (including phenoxy) is 2. The predicted octanol–water partition coefficient (Wildman–Crippen LogP) is 9.12. The molecule has 0 heterocycles. The Morgan fingerprint density at radius 3 is 1.32 bits per heavy atom. The van der Waals surface area contributed by atoms with Crippen molar-refractivity contribution in [3.8, 4) is 11.5 Å². The molecule has 4 rings (SSSR count). The van der Waals surface area contributed by atoms with Gasteiger partial charge in [-0.3, -0.25) is 0 Å². The van der Waals surface area contributed by atoms with E-state index < -0.39 is 6.16 Å². The highest BCUT2D eigenvalue weighted by Gasteiger charge is 2.33. The van der Waals surface area contributed by atoms with Crippen LogP contribution in [-0.4, -0.2) is 6.16 Å². The van der Waals surface area contributed by atoms with Crippen molar-refractivity contribution in [2.75, 3.05) is 0 Å². The molecule has 2 aliphatic carbocycles. The van der Waals surface area contributed by atoms with Gasteiger partial charge in [0.25, 0.3) is 0 Å². The predicted molar refractivity (Wildman–Crippen MR) is 139 cm³/mol. The molecule has 0 bridgehead atoms. The maximum absolute atomic E-state index is 12.4. The fourth-order valence-electron chi connectivity index (χ4n) is 7.03. The van der Waals surface area contributed by atoms with Crippen molar-refractivity contribution in [3.63, 3.8) is 0 Å². The Morgan fingerprint density at radius 1 is 0.647 bits per heavy atom. The molecule has 2 aromatic rings. The highest BCUT2D eigenvalue weighted by Crippen LogP contribution is 2.47. The van der Waals surface area contributed by atoms with Crippen LogP contribution in [0.3, 0.4) is 0 Å². The van der Waals surface area contributed by atoms with Crippen molar-refractivity contribution < 1.29 is 14.3 Å². The molecule has 4 unspecified atom stereocenters. The van der Waals surface area contributed by atoms with Crippen molar-refractivity contribution in [3.05, 3.63) is 59.7 Å². The van der Waals surface area contributed by atoms with E-state index in [2.05, 4.69) is 65.8 Å². The molecule has 3 nitrogen and oxygen atoms in total. The molecule has 3 heteroatoms. The van der Waals surface area contributed by atoms with Crippen molar-refractivity contribution in [1.82, 2.24) is 0 Å². The zero-order valence-corrected chi connectivity index (χ0v) is 21.9. The van der Waals surface area contributed by atoms with Gasteiger partial charge >= 0.3 is 6.16 Å². The first-order chi connectivity index (χ1) is 16.0. The summed E-state index contributed by atoms with van der Waals surface area (Å²) in [4.78, 5) is 12.4. The molecular formula is C31H42O3. The van der Waals surface area contributed by atoms with Crippen LogP contribution < -0.4 is 9.47 Å². The Hall–Kier alpha value is -2.29. The van der Waals surface area contributed by atoms with Crippen LogP contribution in [0.15, 0.2) is 48.5 Å². The molecule has 0 amide bonds. The molecule has 2 fully saturated rings. The van der Waals surface area contributed by atoms with Gasteiger partial charge in [0.1, 0.15) is 11.5 Å². The Labute approximate surface area is 206 Å². The minimum Gasteiger partial charge on any atom is -0.395 e. The van der Waals surface area contributed by atoms with Gasteiger partial charge in [0.2, 0.25) is 0 Å². The van der Waals surface area contributed by atoms with E-state index >= 15 is 0 Å². The highest BCUT2D eigenvalue weighted by molar-refractivity contribution is 5.67. The number of rotatable bonds is 4. The van der Waals surface area contributed by atoms with E-state index in [4.69, 9.17) is 9.47 Å². The van der Waals surface area contributed by atoms with E-state index in [1.54, 1.807) is 0 Å². The summed E-state index contributed by atoms with van der Waals surface area (Å²) >= 11 is 0. The second kappa shape index (κ2) is 9.76. The van der Waals surface area contributed by atoms with Crippen molar-refractivity contribution in [1.29, 1.82) is 0 Å². The van der Waals surface area contributed by atoms with Crippen LogP contribution in [0, 0.1) is 22.7 Å². The van der Waals surface area contributed by atoms with Crippen molar-refractivity contribution in [2.45, 2.75) is 91.9 Å². The molecule has 2 aliphatic rings. The molecule has 0 aromatic heterocycles. The second-order valence-electron chi connectivity index (χ2n) is 12.8. The summed E-state index contributed by atoms with van der Waals surface area (Å²) in [5.41, 5.74) is 3.41. The summed E-state index contributed by atoms with van der Waals surface area (Å²) in [5.74, 6) is 3.64. The molecule has 2 aromatic carbocycles. The minimum atomic E-state index is -0.694. The number of carbonyl (C=O) groups excluding carboxylic acids is 1. The summed E-state index contributed by atoms with van der Waals surface area (Å²) < 4.78 is 10.9. The van der Waals surface area contributed by atoms with Crippen LogP contribution in [-0.2, 0) is 0 Å². The lowest BCUT2D eigenvalue weighted by atomic mass is 9.66. The average Bonchev–Trinajstić information content (AvgIpc) is 2.72. The van der Waals surface area contributed by atoms with Crippen molar-refractivity contribution >= 4 is 6.16 Å². The van der Waals surface area contributed by atoms with Gasteiger partial charge in [0, 0.05) is 0 Å². The molecule has 0 spiro atoms. The Kier molecular flexibility index (Phi) is 7.12. The third kappa shape index (κ3) is 6.43. The standard InChI is InChI=1S/C31H42O3/c1-21-15-25(19-30(3,4)17-21)23-7-11-27(12-8-23)33-29(32)34-28-13-9-24(10-14-28)26-16-22(2)18-31(5,6)20-26/h7-14,21-22,25-26H,15-20H2,1-6H3. The lowest BCUT2D eigenvalue weighted by Crippen LogP contribution is -2.26. The quantitative estimate of drug-likeness (QED) is 0.336. The van der Waals surface area contributed by atoms with Crippen molar-refractivity contribution in [2.24, 2.45) is 22.7 Å². The van der Waals surface area contributed by atoms with E-state index in [-0.39, 0.29) is 0 Å². The molecule has 34 heavy (non-hydrogen) atoms. The summed E-state index contributed by atoms with van der Waals surface area (Å²) in [5, 5.41) is 0. The van der Waals surface area contributed by atoms with E-state index in [1.165, 1.54) is 49.7 Å². The minimum absolute atomic E-state index is 0.377. The first kappa shape index (κ1) is 24.8. The summed E-state index contributed by atoms with van der Waals surface area (Å²) in [7, 11) is 0. The Balaban J connectivity index is 1.32. The zero-order chi connectivity index (χ0) is 24.5. The summed E-state index contributed by atoms with van der Waals surface area (Å²) in [6.45, 7) is 14.2. The van der Waals surface area contributed by atoms with Gasteiger partial charge in [-0.1, -0.05) is 65.8 Å². The molecule has 0 radical (unpaired) electrons. The molecule has 184 valence electrons. The first-order valence-electron chi connectivity index (χ1n) is 13.1. The van der Waals surface area contributed by atoms with Crippen LogP contribution in [0.1, 0.15) is 103 Å². The number of hydrogen-bond acceptors (Lipinski definition) is 3. The van der Waals surface area contributed by atoms with Gasteiger partial charge in [0.05, 0.1) is 0 Å². The Bertz CT molecular complexity index is 891. The highest BCUT2D eigenvalue weighted by atomic mass is 16.7. The summed E-state index contributed by atoms with van der Waals surface area (Å²) in [6.07, 6.45) is 6.72. The van der Waals surface area contributed by atoms with Crippen LogP contribution >= 0.6 is 0 Å². The molecule has 4 atom stereocenters. The lowest BCUT2D eigenvalue weighted by Gasteiger charge is -2.39. The van der Waals surface area contributed by atoms with E-state index in [0.717, 1.165) is 11.8 Å². The molecule has 0 aliphatic heterocycles. The number of hydrogen-bond donors (Lipinski definition) is 0. The Morgan fingerprint density at radius 2 is 1.00 bits per heavy atom. The second-order valence-corrected chi connectivity index (χ2v) is 12.8. The third-order valence-corrected chi connectivity index (χ3v) is 7.88. The van der Waals surface area contributed by atoms with E-state index in [0.29, 0.717) is 34.2 Å². The maximum atomic E-state index is 12.4. The zero-order valence-electron chi connectivity index (χ0n) is 21.9. The van der Waals surface area contributed by atoms with Crippen LogP contribution in [0.25, 0.3) is 0 Å². The average molecular weight is 463 g/mol. The normalized spacial score (nSPS) is 28.2. The van der Waals surface area contributed by atoms with Gasteiger partial charge in [0.15, 0.2) is 0 Å². The lowest BCUT2D eigenvalue weighted by molar-refractivity contribution is 0.152. The fraction of sp³-hybridized carbons (Fsp3) is 0.581. The third-order valence-electron chi connectivity index (χ3n) is 7.88. The molecule has 2 saturated carbocycles. The molecule has 0 N–H and O–H groups in total. The van der Waals surface area contributed by atoms with Gasteiger partial charge in [-0.05, 0) is 108 Å².